The monoisotopic (exact) mass is 271 g/mol. The van der Waals surface area contributed by atoms with Gasteiger partial charge in [0, 0.05) is 0 Å². The van der Waals surface area contributed by atoms with Gasteiger partial charge >= 0.3 is 0 Å². The molecule has 0 saturated heterocycles. The summed E-state index contributed by atoms with van der Waals surface area (Å²) in [6.07, 6.45) is 3.18. The Labute approximate surface area is 112 Å². The van der Waals surface area contributed by atoms with E-state index in [4.69, 9.17) is 11.6 Å². The minimum absolute atomic E-state index is 0. The zero-order valence-corrected chi connectivity index (χ0v) is 12.4. The van der Waals surface area contributed by atoms with Gasteiger partial charge in [0.1, 0.15) is 12.6 Å². The molecule has 0 aliphatic carbocycles. The lowest BCUT2D eigenvalue weighted by atomic mass is 10.2. The minimum atomic E-state index is -0.351. The second-order valence-electron chi connectivity index (χ2n) is 4.50. The average molecular weight is 272 g/mol. The van der Waals surface area contributed by atoms with Crippen LogP contribution in [0.1, 0.15) is 40.0 Å². The number of aliphatic hydroxyl groups excluding tert-OH is 1. The van der Waals surface area contributed by atoms with Crippen LogP contribution >= 0.6 is 11.6 Å². The van der Waals surface area contributed by atoms with Gasteiger partial charge in [-0.25, -0.2) is 0 Å². The van der Waals surface area contributed by atoms with Crippen LogP contribution in [0.25, 0.3) is 0 Å². The van der Waals surface area contributed by atoms with Crippen LogP contribution in [0.2, 0.25) is 0 Å². The van der Waals surface area contributed by atoms with Crippen LogP contribution in [0.5, 0.6) is 0 Å². The minimum Gasteiger partial charge on any atom is -1.00 e. The number of rotatable bonds is 9. The number of nitrogens with zero attached hydrogens (tertiary/aromatic N) is 1. The largest absolute Gasteiger partial charge is 1.00 e. The highest BCUT2D eigenvalue weighted by atomic mass is 35.5. The van der Waals surface area contributed by atoms with Gasteiger partial charge in [0.15, 0.2) is 0 Å². The van der Waals surface area contributed by atoms with Crippen LogP contribution in [-0.4, -0.2) is 47.8 Å². The lowest BCUT2D eigenvalue weighted by Crippen LogP contribution is -3.00. The topological polar surface area (TPSA) is 20.2 Å². The molecule has 0 saturated carbocycles. The Morgan fingerprint density at radius 1 is 1.00 bits per heavy atom. The maximum atomic E-state index is 9.73. The van der Waals surface area contributed by atoms with Gasteiger partial charge in [-0.2, -0.15) is 0 Å². The Kier molecular flexibility index (Phi) is 12.5. The predicted molar refractivity (Wildman–Crippen MR) is 67.3 cm³/mol. The quantitative estimate of drug-likeness (QED) is 0.449. The normalized spacial score (nSPS) is 13.3. The molecule has 0 aliphatic rings. The summed E-state index contributed by atoms with van der Waals surface area (Å²) in [6, 6.07) is 0. The molecule has 0 spiro atoms. The zero-order valence-electron chi connectivity index (χ0n) is 10.9. The molecule has 0 amide bonds. The zero-order chi connectivity index (χ0) is 11.7. The lowest BCUT2D eigenvalue weighted by Gasteiger charge is -2.39. The van der Waals surface area contributed by atoms with Crippen molar-refractivity contribution in [2.24, 2.45) is 0 Å². The number of hydrogen-bond donors (Lipinski definition) is 1. The Morgan fingerprint density at radius 2 is 1.38 bits per heavy atom. The van der Waals surface area contributed by atoms with E-state index in [9.17, 15) is 5.11 Å². The molecule has 0 aromatic rings. The van der Waals surface area contributed by atoms with Crippen molar-refractivity contribution in [2.75, 3.05) is 32.1 Å². The lowest BCUT2D eigenvalue weighted by molar-refractivity contribution is -0.930. The fourth-order valence-electron chi connectivity index (χ4n) is 2.53. The summed E-state index contributed by atoms with van der Waals surface area (Å²) in [5.74, 6) is 0.358. The van der Waals surface area contributed by atoms with E-state index >= 15 is 0 Å². The molecule has 0 rings (SSSR count). The van der Waals surface area contributed by atoms with E-state index in [2.05, 4.69) is 20.8 Å². The summed E-state index contributed by atoms with van der Waals surface area (Å²) < 4.78 is 1.04. The highest BCUT2D eigenvalue weighted by Gasteiger charge is 2.27. The molecular weight excluding hydrogens is 245 g/mol. The maximum absolute atomic E-state index is 9.73. The molecule has 0 radical (unpaired) electrons. The first kappa shape index (κ1) is 18.9. The number of halogens is 2. The summed E-state index contributed by atoms with van der Waals surface area (Å²) in [5.41, 5.74) is 0. The molecule has 100 valence electrons. The van der Waals surface area contributed by atoms with Gasteiger partial charge in [-0.1, -0.05) is 20.8 Å². The standard InChI is InChI=1S/C12H27ClNO.ClH/c1-4-7-14(8-5-2,9-6-3)11-12(15)10-13;/h12,15H,4-11H2,1-3H3;1H/q+1;/p-1/t12-;/m0./s1. The molecule has 4 heteroatoms. The van der Waals surface area contributed by atoms with Crippen molar-refractivity contribution in [2.45, 2.75) is 46.1 Å². The maximum Gasteiger partial charge on any atom is 0.116 e. The van der Waals surface area contributed by atoms with Crippen molar-refractivity contribution in [1.82, 2.24) is 0 Å². The summed E-state index contributed by atoms with van der Waals surface area (Å²) in [6.45, 7) is 10.9. The smallest absolute Gasteiger partial charge is 0.116 e. The Bertz CT molecular complexity index is 139. The third-order valence-electron chi connectivity index (χ3n) is 2.87. The fourth-order valence-corrected chi connectivity index (χ4v) is 2.63. The van der Waals surface area contributed by atoms with Crippen molar-refractivity contribution in [3.05, 3.63) is 0 Å². The third kappa shape index (κ3) is 6.95. The fraction of sp³-hybridized carbons (Fsp3) is 1.00. The van der Waals surface area contributed by atoms with Crippen LogP contribution in [-0.2, 0) is 0 Å². The van der Waals surface area contributed by atoms with E-state index < -0.39 is 0 Å². The Hall–Kier alpha value is 0.500. The summed E-state index contributed by atoms with van der Waals surface area (Å²) >= 11 is 5.70. The van der Waals surface area contributed by atoms with Gasteiger partial charge < -0.3 is 22.0 Å². The second-order valence-corrected chi connectivity index (χ2v) is 4.81. The van der Waals surface area contributed by atoms with Gasteiger partial charge in [0.05, 0.1) is 25.5 Å². The van der Waals surface area contributed by atoms with E-state index in [-0.39, 0.29) is 18.5 Å². The summed E-state index contributed by atoms with van der Waals surface area (Å²) in [7, 11) is 0. The van der Waals surface area contributed by atoms with Crippen LogP contribution < -0.4 is 12.4 Å². The van der Waals surface area contributed by atoms with Crippen LogP contribution in [0, 0.1) is 0 Å². The molecule has 2 nitrogen and oxygen atoms in total. The van der Waals surface area contributed by atoms with E-state index in [0.29, 0.717) is 5.88 Å². The van der Waals surface area contributed by atoms with Crippen LogP contribution in [0.4, 0.5) is 0 Å². The van der Waals surface area contributed by atoms with E-state index in [1.807, 2.05) is 0 Å². The molecule has 0 fully saturated rings. The molecule has 0 aliphatic heterocycles. The number of quaternary nitrogens is 1. The molecule has 16 heavy (non-hydrogen) atoms. The second kappa shape index (κ2) is 10.6. The molecule has 1 atom stereocenters. The summed E-state index contributed by atoms with van der Waals surface area (Å²) in [4.78, 5) is 0. The molecule has 0 unspecified atom stereocenters. The molecular formula is C12H27Cl2NO. The van der Waals surface area contributed by atoms with Crippen molar-refractivity contribution >= 4 is 11.6 Å². The van der Waals surface area contributed by atoms with Gasteiger partial charge in [-0.05, 0) is 19.3 Å². The molecule has 0 aromatic heterocycles. The van der Waals surface area contributed by atoms with Crippen LogP contribution in [0.3, 0.4) is 0 Å². The van der Waals surface area contributed by atoms with Gasteiger partial charge in [-0.3, -0.25) is 0 Å². The molecule has 0 aromatic carbocycles. The van der Waals surface area contributed by atoms with Gasteiger partial charge in [0.25, 0.3) is 0 Å². The third-order valence-corrected chi connectivity index (χ3v) is 3.23. The Balaban J connectivity index is 0. The van der Waals surface area contributed by atoms with Crippen molar-refractivity contribution in [3.8, 4) is 0 Å². The first-order valence-corrected chi connectivity index (χ1v) is 6.76. The van der Waals surface area contributed by atoms with E-state index in [1.165, 1.54) is 19.3 Å². The highest BCUT2D eigenvalue weighted by molar-refractivity contribution is 6.18. The predicted octanol–water partition coefficient (Wildman–Crippen LogP) is -0.363. The molecule has 1 N–H and O–H groups in total. The Morgan fingerprint density at radius 3 is 1.62 bits per heavy atom. The first-order valence-electron chi connectivity index (χ1n) is 6.23. The number of aliphatic hydroxyl groups is 1. The first-order chi connectivity index (χ1) is 7.14. The van der Waals surface area contributed by atoms with Crippen molar-refractivity contribution in [1.29, 1.82) is 0 Å². The number of hydrogen-bond acceptors (Lipinski definition) is 1. The van der Waals surface area contributed by atoms with Crippen molar-refractivity contribution < 1.29 is 22.0 Å². The van der Waals surface area contributed by atoms with Gasteiger partial charge in [-0.15, -0.1) is 11.6 Å². The number of alkyl halides is 1. The van der Waals surface area contributed by atoms with E-state index in [1.54, 1.807) is 0 Å². The molecule has 0 bridgehead atoms. The van der Waals surface area contributed by atoms with Crippen LogP contribution in [0.15, 0.2) is 0 Å². The summed E-state index contributed by atoms with van der Waals surface area (Å²) in [5, 5.41) is 9.73. The molecule has 0 heterocycles. The van der Waals surface area contributed by atoms with Crippen molar-refractivity contribution in [3.63, 3.8) is 0 Å². The van der Waals surface area contributed by atoms with Gasteiger partial charge in [0.2, 0.25) is 0 Å². The highest BCUT2D eigenvalue weighted by Crippen LogP contribution is 2.13. The average Bonchev–Trinajstić information content (AvgIpc) is 2.18. The van der Waals surface area contributed by atoms with E-state index in [0.717, 1.165) is 30.7 Å². The SMILES string of the molecule is CCC[N+](CCC)(CCC)C[C@@H](O)CCl.[Cl-].